The summed E-state index contributed by atoms with van der Waals surface area (Å²) >= 11 is -0.918. The quantitative estimate of drug-likeness (QED) is 0.751. The molecular formula is C16H21F2N3O3S. The molecule has 4 atom stereocenters. The van der Waals surface area contributed by atoms with Gasteiger partial charge in [-0.2, -0.15) is 0 Å². The predicted molar refractivity (Wildman–Crippen MR) is 90.8 cm³/mol. The summed E-state index contributed by atoms with van der Waals surface area (Å²) in [6.07, 6.45) is -0.0533. The Morgan fingerprint density at radius 3 is 2.36 bits per heavy atom. The van der Waals surface area contributed by atoms with Crippen molar-refractivity contribution in [2.45, 2.75) is 37.4 Å². The summed E-state index contributed by atoms with van der Waals surface area (Å²) < 4.78 is 46.6. The number of fused-ring (bicyclic) bond motifs is 2. The number of hydrogen-bond donors (Lipinski definition) is 2. The van der Waals surface area contributed by atoms with Gasteiger partial charge in [0.05, 0.1) is 24.7 Å². The summed E-state index contributed by atoms with van der Waals surface area (Å²) in [4.78, 5) is 3.14. The van der Waals surface area contributed by atoms with Crippen LogP contribution in [0.5, 0.6) is 0 Å². The molecule has 1 aromatic rings. The van der Waals surface area contributed by atoms with Crippen LogP contribution in [0.1, 0.15) is 12.8 Å². The second-order valence-corrected chi connectivity index (χ2v) is 8.34. The van der Waals surface area contributed by atoms with Crippen LogP contribution in [-0.2, 0) is 15.9 Å². The van der Waals surface area contributed by atoms with Crippen LogP contribution in [0.4, 0.5) is 20.2 Å². The number of aliphatic hydroxyl groups excluding tert-OH is 1. The van der Waals surface area contributed by atoms with Crippen LogP contribution in [0.25, 0.3) is 0 Å². The average molecular weight is 373 g/mol. The molecule has 0 spiro atoms. The second-order valence-electron chi connectivity index (χ2n) is 6.80. The molecule has 1 aromatic carbocycles. The second kappa shape index (κ2) is 6.55. The third kappa shape index (κ3) is 2.97. The molecule has 4 rings (SSSR count). The number of anilines is 2. The van der Waals surface area contributed by atoms with E-state index in [1.807, 2.05) is 0 Å². The highest BCUT2D eigenvalue weighted by Crippen LogP contribution is 2.40. The molecule has 3 saturated heterocycles. The monoisotopic (exact) mass is 373 g/mol. The lowest BCUT2D eigenvalue weighted by atomic mass is 10.1. The summed E-state index contributed by atoms with van der Waals surface area (Å²) in [6, 6.07) is 2.26. The first-order chi connectivity index (χ1) is 12.0. The summed E-state index contributed by atoms with van der Waals surface area (Å²) in [5.74, 6) is -0.451. The summed E-state index contributed by atoms with van der Waals surface area (Å²) in [5, 5.41) is 9.93. The van der Waals surface area contributed by atoms with Crippen LogP contribution in [0, 0.1) is 11.6 Å². The molecule has 0 aromatic heterocycles. The number of aliphatic hydroxyl groups is 1. The zero-order chi connectivity index (χ0) is 17.7. The van der Waals surface area contributed by atoms with Gasteiger partial charge < -0.3 is 29.9 Å². The maximum absolute atomic E-state index is 14.8. The Hall–Kier alpha value is -1.13. The molecule has 9 heteroatoms. The van der Waals surface area contributed by atoms with E-state index in [9.17, 15) is 18.4 Å². The smallest absolute Gasteiger partial charge is 0.238 e. The van der Waals surface area contributed by atoms with Crippen LogP contribution < -0.4 is 15.5 Å². The van der Waals surface area contributed by atoms with E-state index in [-0.39, 0.29) is 42.7 Å². The summed E-state index contributed by atoms with van der Waals surface area (Å²) in [6.45, 7) is 0.481. The topological polar surface area (TPSA) is 85.0 Å². The van der Waals surface area contributed by atoms with Crippen molar-refractivity contribution >= 4 is 22.6 Å². The van der Waals surface area contributed by atoms with Gasteiger partial charge in [0.1, 0.15) is 17.2 Å². The predicted octanol–water partition coefficient (Wildman–Crippen LogP) is 0.504. The van der Waals surface area contributed by atoms with E-state index < -0.39 is 29.2 Å². The lowest BCUT2D eigenvalue weighted by Crippen LogP contribution is -2.49. The minimum Gasteiger partial charge on any atom is -0.616 e. The Morgan fingerprint density at radius 1 is 1.24 bits per heavy atom. The fraction of sp³-hybridized carbons (Fsp3) is 0.625. The van der Waals surface area contributed by atoms with Gasteiger partial charge in [-0.1, -0.05) is 0 Å². The minimum absolute atomic E-state index is 0.0575. The van der Waals surface area contributed by atoms with Gasteiger partial charge in [-0.05, 0) is 36.2 Å². The zero-order valence-electron chi connectivity index (χ0n) is 13.6. The van der Waals surface area contributed by atoms with E-state index in [0.29, 0.717) is 11.5 Å². The molecule has 2 bridgehead atoms. The highest BCUT2D eigenvalue weighted by atomic mass is 32.2. The maximum atomic E-state index is 14.8. The first kappa shape index (κ1) is 17.3. The fourth-order valence-corrected chi connectivity index (χ4v) is 5.73. The van der Waals surface area contributed by atoms with E-state index in [2.05, 4.69) is 0 Å². The van der Waals surface area contributed by atoms with Crippen LogP contribution in [0.2, 0.25) is 0 Å². The van der Waals surface area contributed by atoms with Gasteiger partial charge >= 0.3 is 0 Å². The lowest BCUT2D eigenvalue weighted by molar-refractivity contribution is -0.0855. The van der Waals surface area contributed by atoms with Crippen molar-refractivity contribution in [1.82, 2.24) is 0 Å². The molecule has 0 aliphatic carbocycles. The average Bonchev–Trinajstić information content (AvgIpc) is 3.05. The van der Waals surface area contributed by atoms with Crippen LogP contribution in [-0.4, -0.2) is 58.9 Å². The Morgan fingerprint density at radius 2 is 1.84 bits per heavy atom. The first-order valence-electron chi connectivity index (χ1n) is 8.40. The van der Waals surface area contributed by atoms with Gasteiger partial charge in [-0.3, -0.25) is 0 Å². The molecule has 0 saturated carbocycles. The lowest BCUT2D eigenvalue weighted by Gasteiger charge is -2.37. The van der Waals surface area contributed by atoms with E-state index in [1.54, 1.807) is 4.90 Å². The van der Waals surface area contributed by atoms with Crippen molar-refractivity contribution in [2.75, 3.05) is 34.4 Å². The first-order valence-corrected chi connectivity index (χ1v) is 9.89. The number of hydrogen-bond acceptors (Lipinski definition) is 6. The van der Waals surface area contributed by atoms with Crippen molar-refractivity contribution in [3.63, 3.8) is 0 Å². The van der Waals surface area contributed by atoms with Crippen molar-refractivity contribution < 1.29 is 23.2 Å². The molecule has 0 radical (unpaired) electrons. The standard InChI is InChI=1S/C16H21F2N3O3S/c17-13-3-11(20-6-12(5-19)24-16(20)22)4-14(18)15(13)21-9-1-2-10(21)8-25(23)7-9/h3-4,9-10,12,16,22H,1-2,5-8,19H2/t9?,10?,12-,16?,25?/m0/s1. The van der Waals surface area contributed by atoms with Gasteiger partial charge in [0.2, 0.25) is 6.41 Å². The zero-order valence-corrected chi connectivity index (χ0v) is 14.4. The SMILES string of the molecule is NC[C@H]1CN(c2cc(F)c(N3C4CCC3C[S+]([O-])C4)c(F)c2)C(O)O1. The molecule has 3 aliphatic rings. The molecule has 3 N–H and O–H groups in total. The Kier molecular flexibility index (Phi) is 4.53. The van der Waals surface area contributed by atoms with Crippen molar-refractivity contribution in [3.8, 4) is 0 Å². The molecule has 138 valence electrons. The molecule has 25 heavy (non-hydrogen) atoms. The van der Waals surface area contributed by atoms with Gasteiger partial charge in [0, 0.05) is 12.2 Å². The summed E-state index contributed by atoms with van der Waals surface area (Å²) in [5.41, 5.74) is 5.68. The van der Waals surface area contributed by atoms with E-state index in [1.165, 1.54) is 17.0 Å². The van der Waals surface area contributed by atoms with E-state index in [4.69, 9.17) is 10.5 Å². The fourth-order valence-electron chi connectivity index (χ4n) is 4.08. The van der Waals surface area contributed by atoms with Crippen molar-refractivity contribution in [3.05, 3.63) is 23.8 Å². The molecule has 0 amide bonds. The number of halogens is 2. The summed E-state index contributed by atoms with van der Waals surface area (Å²) in [7, 11) is 0. The number of nitrogens with two attached hydrogens (primary N) is 1. The number of rotatable bonds is 3. The molecule has 3 heterocycles. The van der Waals surface area contributed by atoms with Crippen LogP contribution in [0.15, 0.2) is 12.1 Å². The van der Waals surface area contributed by atoms with Gasteiger partial charge in [-0.15, -0.1) is 0 Å². The Labute approximate surface area is 147 Å². The number of ether oxygens (including phenoxy) is 1. The third-order valence-corrected chi connectivity index (χ3v) is 6.73. The largest absolute Gasteiger partial charge is 0.616 e. The highest BCUT2D eigenvalue weighted by Gasteiger charge is 2.45. The normalized spacial score (nSPS) is 34.8. The Bertz CT molecular complexity index is 631. The minimum atomic E-state index is -1.27. The highest BCUT2D eigenvalue weighted by molar-refractivity contribution is 7.91. The van der Waals surface area contributed by atoms with Crippen LogP contribution >= 0.6 is 0 Å². The molecule has 3 unspecified atom stereocenters. The molecular weight excluding hydrogens is 352 g/mol. The Balaban J connectivity index is 1.64. The van der Waals surface area contributed by atoms with Crippen molar-refractivity contribution in [2.24, 2.45) is 5.73 Å². The van der Waals surface area contributed by atoms with E-state index in [0.717, 1.165) is 12.8 Å². The van der Waals surface area contributed by atoms with Crippen LogP contribution in [0.3, 0.4) is 0 Å². The third-order valence-electron chi connectivity index (χ3n) is 5.21. The molecule has 6 nitrogen and oxygen atoms in total. The molecule has 3 aliphatic heterocycles. The van der Waals surface area contributed by atoms with E-state index >= 15 is 0 Å². The van der Waals surface area contributed by atoms with Crippen molar-refractivity contribution in [1.29, 1.82) is 0 Å². The van der Waals surface area contributed by atoms with Gasteiger partial charge in [0.25, 0.3) is 0 Å². The number of benzene rings is 1. The molecule has 3 fully saturated rings. The van der Waals surface area contributed by atoms with Gasteiger partial charge in [-0.25, -0.2) is 8.78 Å². The van der Waals surface area contributed by atoms with Gasteiger partial charge in [0.15, 0.2) is 11.6 Å². The number of nitrogens with zero attached hydrogens (tertiary/aromatic N) is 2. The maximum Gasteiger partial charge on any atom is 0.238 e.